The SMILES string of the molecule is NC(=O)c1ccc(Oc2ccc(C(=O)NCCNC(=O)c3ccc(O)cc3)cc2)cc1. The molecule has 3 amide bonds. The first kappa shape index (κ1) is 21.4. The molecule has 0 fully saturated rings. The molecular formula is C23H21N3O5. The van der Waals surface area contributed by atoms with E-state index in [2.05, 4.69) is 10.6 Å². The molecule has 0 heterocycles. The smallest absolute Gasteiger partial charge is 0.251 e. The van der Waals surface area contributed by atoms with Crippen molar-refractivity contribution in [2.75, 3.05) is 13.1 Å². The number of benzene rings is 3. The predicted octanol–water partition coefficient (Wildman–Crippen LogP) is 2.44. The van der Waals surface area contributed by atoms with Gasteiger partial charge in [-0.15, -0.1) is 0 Å². The Kier molecular flexibility index (Phi) is 6.85. The fraction of sp³-hybridized carbons (Fsp3) is 0.0870. The van der Waals surface area contributed by atoms with Crippen LogP contribution in [-0.2, 0) is 0 Å². The Morgan fingerprint density at radius 3 is 1.48 bits per heavy atom. The topological polar surface area (TPSA) is 131 Å². The molecule has 158 valence electrons. The Bertz CT molecular complexity index is 1060. The summed E-state index contributed by atoms with van der Waals surface area (Å²) >= 11 is 0. The highest BCUT2D eigenvalue weighted by Gasteiger charge is 2.08. The van der Waals surface area contributed by atoms with Crippen molar-refractivity contribution in [3.63, 3.8) is 0 Å². The van der Waals surface area contributed by atoms with Crippen molar-refractivity contribution in [1.82, 2.24) is 10.6 Å². The number of rotatable bonds is 8. The van der Waals surface area contributed by atoms with E-state index in [1.54, 1.807) is 48.5 Å². The van der Waals surface area contributed by atoms with Crippen LogP contribution < -0.4 is 21.1 Å². The minimum absolute atomic E-state index is 0.0845. The van der Waals surface area contributed by atoms with E-state index in [-0.39, 0.29) is 30.7 Å². The van der Waals surface area contributed by atoms with Crippen LogP contribution in [0.3, 0.4) is 0 Å². The molecule has 0 aromatic heterocycles. The number of nitrogens with two attached hydrogens (primary N) is 1. The number of ether oxygens (including phenoxy) is 1. The van der Waals surface area contributed by atoms with Crippen LogP contribution in [0.25, 0.3) is 0 Å². The lowest BCUT2D eigenvalue weighted by atomic mass is 10.2. The van der Waals surface area contributed by atoms with Gasteiger partial charge >= 0.3 is 0 Å². The lowest BCUT2D eigenvalue weighted by Crippen LogP contribution is -2.34. The molecule has 0 aliphatic rings. The molecule has 0 aliphatic heterocycles. The van der Waals surface area contributed by atoms with Gasteiger partial charge in [0.15, 0.2) is 0 Å². The second-order valence-corrected chi connectivity index (χ2v) is 6.57. The highest BCUT2D eigenvalue weighted by atomic mass is 16.5. The van der Waals surface area contributed by atoms with Crippen molar-refractivity contribution in [2.24, 2.45) is 5.73 Å². The number of primary amides is 1. The summed E-state index contributed by atoms with van der Waals surface area (Å²) in [4.78, 5) is 35.3. The van der Waals surface area contributed by atoms with Crippen LogP contribution in [0.1, 0.15) is 31.1 Å². The zero-order chi connectivity index (χ0) is 22.2. The fourth-order valence-corrected chi connectivity index (χ4v) is 2.67. The first-order valence-electron chi connectivity index (χ1n) is 9.45. The summed E-state index contributed by atoms with van der Waals surface area (Å²) in [5.74, 6) is 0.0648. The zero-order valence-electron chi connectivity index (χ0n) is 16.5. The number of hydrogen-bond acceptors (Lipinski definition) is 5. The first-order chi connectivity index (χ1) is 14.9. The lowest BCUT2D eigenvalue weighted by Gasteiger charge is -2.09. The van der Waals surface area contributed by atoms with Gasteiger partial charge in [-0.3, -0.25) is 14.4 Å². The van der Waals surface area contributed by atoms with Gasteiger partial charge in [-0.1, -0.05) is 0 Å². The van der Waals surface area contributed by atoms with E-state index in [0.29, 0.717) is 28.2 Å². The Morgan fingerprint density at radius 2 is 1.06 bits per heavy atom. The van der Waals surface area contributed by atoms with Crippen molar-refractivity contribution < 1.29 is 24.2 Å². The van der Waals surface area contributed by atoms with Crippen LogP contribution in [0.2, 0.25) is 0 Å². The van der Waals surface area contributed by atoms with Crippen molar-refractivity contribution in [3.8, 4) is 17.2 Å². The van der Waals surface area contributed by atoms with Gasteiger partial charge in [-0.05, 0) is 72.8 Å². The standard InChI is InChI=1S/C23H21N3O5/c24-21(28)15-3-9-19(10-4-15)31-20-11-5-17(6-12-20)23(30)26-14-13-25-22(29)16-1-7-18(27)8-2-16/h1-12,27H,13-14H2,(H2,24,28)(H,25,29)(H,26,30). The predicted molar refractivity (Wildman–Crippen MR) is 114 cm³/mol. The molecule has 8 nitrogen and oxygen atoms in total. The molecule has 31 heavy (non-hydrogen) atoms. The highest BCUT2D eigenvalue weighted by molar-refractivity contribution is 5.95. The Hall–Kier alpha value is -4.33. The van der Waals surface area contributed by atoms with E-state index in [1.807, 2.05) is 0 Å². The van der Waals surface area contributed by atoms with Gasteiger partial charge in [0.25, 0.3) is 11.8 Å². The van der Waals surface area contributed by atoms with Gasteiger partial charge in [0, 0.05) is 29.8 Å². The number of amides is 3. The molecular weight excluding hydrogens is 398 g/mol. The van der Waals surface area contributed by atoms with E-state index in [4.69, 9.17) is 10.5 Å². The normalized spacial score (nSPS) is 10.2. The molecule has 0 saturated carbocycles. The number of carbonyl (C=O) groups excluding carboxylic acids is 3. The maximum atomic E-state index is 12.2. The van der Waals surface area contributed by atoms with Gasteiger partial charge in [0.2, 0.25) is 5.91 Å². The quantitative estimate of drug-likeness (QED) is 0.417. The summed E-state index contributed by atoms with van der Waals surface area (Å²) < 4.78 is 5.68. The van der Waals surface area contributed by atoms with Crippen molar-refractivity contribution >= 4 is 17.7 Å². The maximum absolute atomic E-state index is 12.2. The summed E-state index contributed by atoms with van der Waals surface area (Å²) in [6.07, 6.45) is 0. The molecule has 8 heteroatoms. The van der Waals surface area contributed by atoms with E-state index in [9.17, 15) is 19.5 Å². The van der Waals surface area contributed by atoms with Crippen LogP contribution in [0, 0.1) is 0 Å². The summed E-state index contributed by atoms with van der Waals surface area (Å²) in [5, 5.41) is 14.6. The monoisotopic (exact) mass is 419 g/mol. The highest BCUT2D eigenvalue weighted by Crippen LogP contribution is 2.22. The van der Waals surface area contributed by atoms with Gasteiger partial charge < -0.3 is 26.2 Å². The summed E-state index contributed by atoms with van der Waals surface area (Å²) in [7, 11) is 0. The molecule has 3 aromatic carbocycles. The Balaban J connectivity index is 1.45. The van der Waals surface area contributed by atoms with Gasteiger partial charge in [0.1, 0.15) is 17.2 Å². The molecule has 0 atom stereocenters. The minimum atomic E-state index is -0.512. The third-order valence-corrected chi connectivity index (χ3v) is 4.32. The molecule has 3 rings (SSSR count). The van der Waals surface area contributed by atoms with Crippen LogP contribution in [0.4, 0.5) is 0 Å². The molecule has 3 aromatic rings. The average molecular weight is 419 g/mol. The number of phenolic OH excluding ortho intramolecular Hbond substituents is 1. The van der Waals surface area contributed by atoms with Crippen LogP contribution >= 0.6 is 0 Å². The Morgan fingerprint density at radius 1 is 0.677 bits per heavy atom. The zero-order valence-corrected chi connectivity index (χ0v) is 16.5. The Labute approximate surface area is 178 Å². The van der Waals surface area contributed by atoms with Gasteiger partial charge in [-0.2, -0.15) is 0 Å². The fourth-order valence-electron chi connectivity index (χ4n) is 2.67. The number of nitrogens with one attached hydrogen (secondary N) is 2. The maximum Gasteiger partial charge on any atom is 0.251 e. The number of phenols is 1. The van der Waals surface area contributed by atoms with Crippen LogP contribution in [0.5, 0.6) is 17.2 Å². The van der Waals surface area contributed by atoms with Crippen LogP contribution in [0.15, 0.2) is 72.8 Å². The second kappa shape index (κ2) is 9.93. The largest absolute Gasteiger partial charge is 0.508 e. The lowest BCUT2D eigenvalue weighted by molar-refractivity contribution is 0.0927. The second-order valence-electron chi connectivity index (χ2n) is 6.57. The molecule has 0 aliphatic carbocycles. The molecule has 5 N–H and O–H groups in total. The molecule has 0 bridgehead atoms. The summed E-state index contributed by atoms with van der Waals surface area (Å²) in [6.45, 7) is 0.515. The molecule has 0 spiro atoms. The van der Waals surface area contributed by atoms with E-state index in [1.165, 1.54) is 24.3 Å². The van der Waals surface area contributed by atoms with E-state index >= 15 is 0 Å². The first-order valence-corrected chi connectivity index (χ1v) is 9.45. The summed E-state index contributed by atoms with van der Waals surface area (Å²) in [6, 6.07) is 18.8. The molecule has 0 saturated heterocycles. The van der Waals surface area contributed by atoms with Gasteiger partial charge in [0.05, 0.1) is 0 Å². The van der Waals surface area contributed by atoms with Crippen molar-refractivity contribution in [3.05, 3.63) is 89.5 Å². The van der Waals surface area contributed by atoms with E-state index in [0.717, 1.165) is 0 Å². The number of aromatic hydroxyl groups is 1. The third-order valence-electron chi connectivity index (χ3n) is 4.32. The van der Waals surface area contributed by atoms with Crippen molar-refractivity contribution in [2.45, 2.75) is 0 Å². The van der Waals surface area contributed by atoms with Gasteiger partial charge in [-0.25, -0.2) is 0 Å². The number of carbonyl (C=O) groups is 3. The van der Waals surface area contributed by atoms with Crippen LogP contribution in [-0.4, -0.2) is 35.9 Å². The molecule has 0 unspecified atom stereocenters. The third kappa shape index (κ3) is 6.07. The summed E-state index contributed by atoms with van der Waals surface area (Å²) in [5.41, 5.74) is 6.46. The average Bonchev–Trinajstić information content (AvgIpc) is 2.78. The molecule has 0 radical (unpaired) electrons. The minimum Gasteiger partial charge on any atom is -0.508 e. The number of hydrogen-bond donors (Lipinski definition) is 4. The van der Waals surface area contributed by atoms with Crippen molar-refractivity contribution in [1.29, 1.82) is 0 Å². The van der Waals surface area contributed by atoms with E-state index < -0.39 is 5.91 Å².